The molecule has 0 amide bonds. The zero-order chi connectivity index (χ0) is 10.6. The smallest absolute Gasteiger partial charge is 0.0978 e. The number of ether oxygens (including phenoxy) is 1. The maximum absolute atomic E-state index is 9.19. The first-order valence-corrected chi connectivity index (χ1v) is 5.61. The van der Waals surface area contributed by atoms with Gasteiger partial charge in [-0.2, -0.15) is 0 Å². The lowest BCUT2D eigenvalue weighted by molar-refractivity contribution is 0.0644. The molecule has 3 atom stereocenters. The van der Waals surface area contributed by atoms with Crippen molar-refractivity contribution in [3.63, 3.8) is 0 Å². The fraction of sp³-hybridized carbons (Fsp3) is 0.833. The van der Waals surface area contributed by atoms with Crippen molar-refractivity contribution in [2.24, 2.45) is 5.92 Å². The quantitative estimate of drug-likeness (QED) is 0.752. The van der Waals surface area contributed by atoms with E-state index in [-0.39, 0.29) is 12.2 Å². The van der Waals surface area contributed by atoms with Crippen LogP contribution in [-0.4, -0.2) is 17.3 Å². The molecule has 1 aliphatic carbocycles. The normalized spacial score (nSPS) is 26.6. The van der Waals surface area contributed by atoms with E-state index >= 15 is 0 Å². The summed E-state index contributed by atoms with van der Waals surface area (Å²) in [6.07, 6.45) is 6.21. The van der Waals surface area contributed by atoms with Crippen molar-refractivity contribution in [1.29, 1.82) is 0 Å². The Hall–Kier alpha value is -0.500. The fourth-order valence-electron chi connectivity index (χ4n) is 1.84. The van der Waals surface area contributed by atoms with Gasteiger partial charge < -0.3 is 9.84 Å². The molecule has 0 aromatic rings. The van der Waals surface area contributed by atoms with Gasteiger partial charge in [0.05, 0.1) is 18.0 Å². The number of hydrogen-bond donors (Lipinski definition) is 1. The summed E-state index contributed by atoms with van der Waals surface area (Å²) < 4.78 is 5.75. The molecule has 2 nitrogen and oxygen atoms in total. The van der Waals surface area contributed by atoms with Crippen molar-refractivity contribution < 1.29 is 9.84 Å². The molecule has 0 aliphatic heterocycles. The van der Waals surface area contributed by atoms with Crippen LogP contribution in [0.1, 0.15) is 46.5 Å². The Kier molecular flexibility index (Phi) is 4.46. The van der Waals surface area contributed by atoms with Crippen LogP contribution >= 0.6 is 0 Å². The molecule has 0 aromatic carbocycles. The minimum atomic E-state index is -0.270. The second-order valence-corrected chi connectivity index (χ2v) is 4.56. The zero-order valence-corrected chi connectivity index (χ0v) is 9.49. The molecule has 14 heavy (non-hydrogen) atoms. The predicted octanol–water partition coefficient (Wildman–Crippen LogP) is 2.87. The lowest BCUT2D eigenvalue weighted by atomic mass is 9.95. The summed E-state index contributed by atoms with van der Waals surface area (Å²) in [7, 11) is 0. The molecule has 0 saturated heterocycles. The van der Waals surface area contributed by atoms with E-state index in [1.807, 2.05) is 6.92 Å². The molecule has 0 saturated carbocycles. The molecule has 1 aliphatic rings. The lowest BCUT2D eigenvalue weighted by Crippen LogP contribution is -2.16. The van der Waals surface area contributed by atoms with Crippen molar-refractivity contribution in [3.8, 4) is 0 Å². The van der Waals surface area contributed by atoms with Crippen LogP contribution in [0.2, 0.25) is 0 Å². The van der Waals surface area contributed by atoms with E-state index in [2.05, 4.69) is 13.0 Å². The molecule has 0 heterocycles. The van der Waals surface area contributed by atoms with Gasteiger partial charge in [0, 0.05) is 12.8 Å². The average molecular weight is 198 g/mol. The van der Waals surface area contributed by atoms with E-state index < -0.39 is 0 Å². The maximum atomic E-state index is 9.19. The van der Waals surface area contributed by atoms with E-state index in [1.165, 1.54) is 6.42 Å². The fourth-order valence-corrected chi connectivity index (χ4v) is 1.84. The molecule has 0 spiro atoms. The number of allylic oxidation sites excluding steroid dienone is 2. The summed E-state index contributed by atoms with van der Waals surface area (Å²) in [4.78, 5) is 0. The molecule has 82 valence electrons. The third-order valence-electron chi connectivity index (χ3n) is 2.66. The summed E-state index contributed by atoms with van der Waals surface area (Å²) in [5.41, 5.74) is 0. The van der Waals surface area contributed by atoms with Gasteiger partial charge in [-0.1, -0.05) is 6.92 Å². The van der Waals surface area contributed by atoms with Crippen LogP contribution in [0.4, 0.5) is 0 Å². The molecule has 0 fully saturated rings. The highest BCUT2D eigenvalue weighted by molar-refractivity contribution is 4.99. The van der Waals surface area contributed by atoms with Crippen molar-refractivity contribution in [2.75, 3.05) is 0 Å². The summed E-state index contributed by atoms with van der Waals surface area (Å²) >= 11 is 0. The van der Waals surface area contributed by atoms with E-state index in [4.69, 9.17) is 4.74 Å². The standard InChI is InChI=1S/C12H22O2/c1-9-4-6-12(7-5-9)14-11(3)8-10(2)13/h6,9-11,13H,4-5,7-8H2,1-3H3. The number of aliphatic hydroxyl groups is 1. The van der Waals surface area contributed by atoms with E-state index in [0.717, 1.165) is 24.5 Å². The van der Waals surface area contributed by atoms with Gasteiger partial charge >= 0.3 is 0 Å². The van der Waals surface area contributed by atoms with Gasteiger partial charge in [0.1, 0.15) is 0 Å². The van der Waals surface area contributed by atoms with Crippen LogP contribution in [0.15, 0.2) is 11.8 Å². The van der Waals surface area contributed by atoms with Crippen LogP contribution in [0.5, 0.6) is 0 Å². The van der Waals surface area contributed by atoms with Gasteiger partial charge in [-0.3, -0.25) is 0 Å². The predicted molar refractivity (Wildman–Crippen MR) is 57.9 cm³/mol. The van der Waals surface area contributed by atoms with Crippen LogP contribution < -0.4 is 0 Å². The van der Waals surface area contributed by atoms with Crippen LogP contribution in [0, 0.1) is 5.92 Å². The van der Waals surface area contributed by atoms with E-state index in [9.17, 15) is 5.11 Å². The van der Waals surface area contributed by atoms with Crippen LogP contribution in [0.25, 0.3) is 0 Å². The van der Waals surface area contributed by atoms with Gasteiger partial charge in [-0.05, 0) is 38.7 Å². The zero-order valence-electron chi connectivity index (χ0n) is 9.49. The van der Waals surface area contributed by atoms with Gasteiger partial charge in [0.2, 0.25) is 0 Å². The number of aliphatic hydroxyl groups excluding tert-OH is 1. The average Bonchev–Trinajstić information content (AvgIpc) is 2.07. The molecular weight excluding hydrogens is 176 g/mol. The Balaban J connectivity index is 2.30. The molecule has 0 bridgehead atoms. The highest BCUT2D eigenvalue weighted by Gasteiger charge is 2.14. The molecule has 2 heteroatoms. The minimum Gasteiger partial charge on any atom is -0.495 e. The third-order valence-corrected chi connectivity index (χ3v) is 2.66. The Morgan fingerprint density at radius 2 is 2.29 bits per heavy atom. The maximum Gasteiger partial charge on any atom is 0.0978 e. The lowest BCUT2D eigenvalue weighted by Gasteiger charge is -2.23. The van der Waals surface area contributed by atoms with Gasteiger partial charge in [-0.25, -0.2) is 0 Å². The first-order valence-electron chi connectivity index (χ1n) is 5.61. The highest BCUT2D eigenvalue weighted by Crippen LogP contribution is 2.24. The molecule has 0 radical (unpaired) electrons. The first kappa shape index (κ1) is 11.6. The van der Waals surface area contributed by atoms with Crippen molar-refractivity contribution in [3.05, 3.63) is 11.8 Å². The van der Waals surface area contributed by atoms with E-state index in [1.54, 1.807) is 6.92 Å². The molecule has 0 aromatic heterocycles. The number of hydrogen-bond acceptors (Lipinski definition) is 2. The van der Waals surface area contributed by atoms with Crippen LogP contribution in [-0.2, 0) is 4.74 Å². The van der Waals surface area contributed by atoms with E-state index in [0.29, 0.717) is 6.42 Å². The summed E-state index contributed by atoms with van der Waals surface area (Å²) in [6, 6.07) is 0. The Morgan fingerprint density at radius 1 is 1.57 bits per heavy atom. The Bertz CT molecular complexity index is 196. The van der Waals surface area contributed by atoms with Gasteiger partial charge in [-0.15, -0.1) is 0 Å². The van der Waals surface area contributed by atoms with Crippen molar-refractivity contribution in [2.45, 2.75) is 58.7 Å². The molecule has 1 rings (SSSR count). The summed E-state index contributed by atoms with van der Waals surface area (Å²) in [6.45, 7) is 6.09. The first-order chi connectivity index (χ1) is 6.58. The third kappa shape index (κ3) is 4.14. The van der Waals surface area contributed by atoms with Crippen molar-refractivity contribution in [1.82, 2.24) is 0 Å². The van der Waals surface area contributed by atoms with Crippen LogP contribution in [0.3, 0.4) is 0 Å². The minimum absolute atomic E-state index is 0.134. The van der Waals surface area contributed by atoms with Crippen molar-refractivity contribution >= 4 is 0 Å². The van der Waals surface area contributed by atoms with Gasteiger partial charge in [0.15, 0.2) is 0 Å². The Labute approximate surface area is 87.0 Å². The summed E-state index contributed by atoms with van der Waals surface area (Å²) in [5.74, 6) is 1.92. The molecule has 3 unspecified atom stereocenters. The van der Waals surface area contributed by atoms with Gasteiger partial charge in [0.25, 0.3) is 0 Å². The SMILES string of the molecule is CC(O)CC(C)OC1=CCC(C)CC1. The second kappa shape index (κ2) is 5.40. The summed E-state index contributed by atoms with van der Waals surface area (Å²) in [5, 5.41) is 9.19. The number of rotatable bonds is 4. The second-order valence-electron chi connectivity index (χ2n) is 4.56. The topological polar surface area (TPSA) is 29.5 Å². The Morgan fingerprint density at radius 3 is 2.79 bits per heavy atom. The highest BCUT2D eigenvalue weighted by atomic mass is 16.5. The molecular formula is C12H22O2. The molecule has 1 N–H and O–H groups in total. The largest absolute Gasteiger partial charge is 0.495 e. The monoisotopic (exact) mass is 198 g/mol.